The van der Waals surface area contributed by atoms with Crippen molar-refractivity contribution in [1.29, 1.82) is 0 Å². The van der Waals surface area contributed by atoms with E-state index >= 15 is 0 Å². The zero-order valence-electron chi connectivity index (χ0n) is 11.7. The van der Waals surface area contributed by atoms with Gasteiger partial charge in [0, 0.05) is 10.7 Å². The van der Waals surface area contributed by atoms with E-state index < -0.39 is 6.09 Å². The number of anilines is 1. The van der Waals surface area contributed by atoms with Gasteiger partial charge in [-0.3, -0.25) is 5.32 Å². The van der Waals surface area contributed by atoms with Crippen LogP contribution in [0.4, 0.5) is 10.5 Å². The largest absolute Gasteiger partial charge is 0.445 e. The summed E-state index contributed by atoms with van der Waals surface area (Å²) in [6.45, 7) is 2.05. The number of amides is 1. The first-order chi connectivity index (χ1) is 10.2. The first-order valence-corrected chi connectivity index (χ1v) is 6.95. The van der Waals surface area contributed by atoms with Crippen molar-refractivity contribution in [3.05, 3.63) is 70.8 Å². The highest BCUT2D eigenvalue weighted by atomic mass is 35.5. The van der Waals surface area contributed by atoms with E-state index in [2.05, 4.69) is 5.32 Å². The number of carbonyl (C=O) groups is 1. The molecule has 0 saturated carbocycles. The molecule has 4 heteroatoms. The Hall–Kier alpha value is -2.26. The molecule has 0 aliphatic heterocycles. The second-order valence-electron chi connectivity index (χ2n) is 4.45. The summed E-state index contributed by atoms with van der Waals surface area (Å²) in [5.41, 5.74) is 2.53. The van der Waals surface area contributed by atoms with E-state index in [4.69, 9.17) is 16.3 Å². The summed E-state index contributed by atoms with van der Waals surface area (Å²) in [6, 6.07) is 15.1. The zero-order valence-corrected chi connectivity index (χ0v) is 12.4. The van der Waals surface area contributed by atoms with Gasteiger partial charge in [0.05, 0.1) is 0 Å². The third kappa shape index (κ3) is 4.65. The van der Waals surface area contributed by atoms with Crippen molar-refractivity contribution in [2.75, 3.05) is 11.9 Å². The molecule has 2 rings (SSSR count). The highest BCUT2D eigenvalue weighted by Crippen LogP contribution is 2.22. The van der Waals surface area contributed by atoms with Crippen LogP contribution in [0.5, 0.6) is 0 Å². The van der Waals surface area contributed by atoms with Crippen molar-refractivity contribution in [2.45, 2.75) is 6.92 Å². The first-order valence-electron chi connectivity index (χ1n) is 6.57. The highest BCUT2D eigenvalue weighted by molar-refractivity contribution is 6.31. The molecule has 1 N–H and O–H groups in total. The van der Waals surface area contributed by atoms with Crippen molar-refractivity contribution < 1.29 is 9.53 Å². The Labute approximate surface area is 129 Å². The standard InChI is InChI=1S/C17H16ClNO2/c1-13-15(18)10-5-11-16(13)19-17(20)21-12-6-9-14-7-3-2-4-8-14/h2-11H,12H2,1H3,(H,19,20)/b9-6+. The maximum atomic E-state index is 11.7. The van der Waals surface area contributed by atoms with Gasteiger partial charge in [0.2, 0.25) is 0 Å². The molecule has 108 valence electrons. The number of nitrogens with one attached hydrogen (secondary N) is 1. The summed E-state index contributed by atoms with van der Waals surface area (Å²) < 4.78 is 5.08. The lowest BCUT2D eigenvalue weighted by Crippen LogP contribution is -2.14. The van der Waals surface area contributed by atoms with Gasteiger partial charge in [0.1, 0.15) is 6.61 Å². The lowest BCUT2D eigenvalue weighted by atomic mass is 10.2. The van der Waals surface area contributed by atoms with Gasteiger partial charge in [-0.05, 0) is 36.3 Å². The summed E-state index contributed by atoms with van der Waals surface area (Å²) in [5.74, 6) is 0. The number of carbonyl (C=O) groups excluding carboxylic acids is 1. The van der Waals surface area contributed by atoms with E-state index in [9.17, 15) is 4.79 Å². The molecule has 1 amide bonds. The van der Waals surface area contributed by atoms with Gasteiger partial charge in [0.15, 0.2) is 0 Å². The molecule has 0 fully saturated rings. The third-order valence-corrected chi connectivity index (χ3v) is 3.33. The smallest absolute Gasteiger partial charge is 0.411 e. The Balaban J connectivity index is 1.83. The van der Waals surface area contributed by atoms with Crippen LogP contribution in [0, 0.1) is 6.92 Å². The van der Waals surface area contributed by atoms with Crippen LogP contribution in [-0.2, 0) is 4.74 Å². The summed E-state index contributed by atoms with van der Waals surface area (Å²) in [6.07, 6.45) is 3.19. The average Bonchev–Trinajstić information content (AvgIpc) is 2.49. The first kappa shape index (κ1) is 15.1. The van der Waals surface area contributed by atoms with Crippen LogP contribution >= 0.6 is 11.6 Å². The van der Waals surface area contributed by atoms with E-state index in [1.807, 2.05) is 43.3 Å². The number of halogens is 1. The molecule has 21 heavy (non-hydrogen) atoms. The van der Waals surface area contributed by atoms with Crippen LogP contribution < -0.4 is 5.32 Å². The third-order valence-electron chi connectivity index (χ3n) is 2.92. The fourth-order valence-corrected chi connectivity index (χ4v) is 1.94. The fourth-order valence-electron chi connectivity index (χ4n) is 1.76. The minimum absolute atomic E-state index is 0.209. The number of rotatable bonds is 4. The van der Waals surface area contributed by atoms with E-state index in [1.54, 1.807) is 24.3 Å². The Morgan fingerprint density at radius 1 is 1.19 bits per heavy atom. The van der Waals surface area contributed by atoms with Gasteiger partial charge in [-0.1, -0.05) is 54.1 Å². The molecule has 2 aromatic carbocycles. The molecule has 0 spiro atoms. The Morgan fingerprint density at radius 3 is 2.71 bits per heavy atom. The van der Waals surface area contributed by atoms with E-state index in [0.717, 1.165) is 11.1 Å². The van der Waals surface area contributed by atoms with Crippen LogP contribution in [-0.4, -0.2) is 12.7 Å². The monoisotopic (exact) mass is 301 g/mol. The molecule has 0 atom stereocenters. The Morgan fingerprint density at radius 2 is 1.95 bits per heavy atom. The van der Waals surface area contributed by atoms with Gasteiger partial charge in [0.25, 0.3) is 0 Å². The van der Waals surface area contributed by atoms with Crippen LogP contribution in [0.3, 0.4) is 0 Å². The van der Waals surface area contributed by atoms with Gasteiger partial charge in [-0.2, -0.15) is 0 Å². The summed E-state index contributed by atoms with van der Waals surface area (Å²) in [5, 5.41) is 3.28. The SMILES string of the molecule is Cc1c(Cl)cccc1NC(=O)OC/C=C/c1ccccc1. The van der Waals surface area contributed by atoms with Crippen LogP contribution in [0.1, 0.15) is 11.1 Å². The zero-order chi connectivity index (χ0) is 15.1. The Bertz CT molecular complexity index is 638. The second-order valence-corrected chi connectivity index (χ2v) is 4.86. The molecular weight excluding hydrogens is 286 g/mol. The number of hydrogen-bond acceptors (Lipinski definition) is 2. The molecule has 2 aromatic rings. The van der Waals surface area contributed by atoms with Crippen molar-refractivity contribution in [2.24, 2.45) is 0 Å². The normalized spacial score (nSPS) is 10.6. The molecule has 0 bridgehead atoms. The van der Waals surface area contributed by atoms with E-state index in [0.29, 0.717) is 10.7 Å². The second kappa shape index (κ2) is 7.50. The minimum Gasteiger partial charge on any atom is -0.445 e. The molecule has 0 unspecified atom stereocenters. The van der Waals surface area contributed by atoms with E-state index in [1.165, 1.54) is 0 Å². The number of benzene rings is 2. The van der Waals surface area contributed by atoms with Crippen molar-refractivity contribution in [3.63, 3.8) is 0 Å². The van der Waals surface area contributed by atoms with Gasteiger partial charge >= 0.3 is 6.09 Å². The molecule has 0 heterocycles. The Kier molecular flexibility index (Phi) is 5.41. The molecule has 3 nitrogen and oxygen atoms in total. The number of ether oxygens (including phenoxy) is 1. The number of hydrogen-bond donors (Lipinski definition) is 1. The average molecular weight is 302 g/mol. The van der Waals surface area contributed by atoms with Crippen molar-refractivity contribution in [3.8, 4) is 0 Å². The predicted molar refractivity (Wildman–Crippen MR) is 86.6 cm³/mol. The lowest BCUT2D eigenvalue weighted by Gasteiger charge is -2.09. The van der Waals surface area contributed by atoms with E-state index in [-0.39, 0.29) is 6.61 Å². The quantitative estimate of drug-likeness (QED) is 0.871. The van der Waals surface area contributed by atoms with Gasteiger partial charge in [-0.15, -0.1) is 0 Å². The molecule has 0 saturated heterocycles. The molecule has 0 radical (unpaired) electrons. The molecule has 0 aliphatic carbocycles. The predicted octanol–water partition coefficient (Wildman–Crippen LogP) is 4.91. The fraction of sp³-hybridized carbons (Fsp3) is 0.118. The maximum absolute atomic E-state index is 11.7. The topological polar surface area (TPSA) is 38.3 Å². The molecule has 0 aliphatic rings. The summed E-state index contributed by atoms with van der Waals surface area (Å²) >= 11 is 5.99. The van der Waals surface area contributed by atoms with Crippen molar-refractivity contribution in [1.82, 2.24) is 0 Å². The van der Waals surface area contributed by atoms with Gasteiger partial charge in [-0.25, -0.2) is 4.79 Å². The van der Waals surface area contributed by atoms with Crippen LogP contribution in [0.25, 0.3) is 6.08 Å². The highest BCUT2D eigenvalue weighted by Gasteiger charge is 2.06. The van der Waals surface area contributed by atoms with Crippen LogP contribution in [0.15, 0.2) is 54.6 Å². The maximum Gasteiger partial charge on any atom is 0.411 e. The summed E-state index contributed by atoms with van der Waals surface area (Å²) in [4.78, 5) is 11.7. The minimum atomic E-state index is -0.502. The van der Waals surface area contributed by atoms with Crippen LogP contribution in [0.2, 0.25) is 5.02 Å². The molecule has 0 aromatic heterocycles. The van der Waals surface area contributed by atoms with Crippen molar-refractivity contribution >= 4 is 29.5 Å². The summed E-state index contributed by atoms with van der Waals surface area (Å²) in [7, 11) is 0. The molecular formula is C17H16ClNO2. The van der Waals surface area contributed by atoms with Gasteiger partial charge < -0.3 is 4.74 Å². The lowest BCUT2D eigenvalue weighted by molar-refractivity contribution is 0.174.